The highest BCUT2D eigenvalue weighted by Gasteiger charge is 2.34. The minimum absolute atomic E-state index is 0.0570. The Hall–Kier alpha value is -1.88. The second-order valence-electron chi connectivity index (χ2n) is 6.73. The summed E-state index contributed by atoms with van der Waals surface area (Å²) in [7, 11) is 0. The Balaban J connectivity index is 1.74. The summed E-state index contributed by atoms with van der Waals surface area (Å²) >= 11 is 1.59. The van der Waals surface area contributed by atoms with E-state index in [9.17, 15) is 4.79 Å². The van der Waals surface area contributed by atoms with Gasteiger partial charge in [0.25, 0.3) is 5.91 Å². The van der Waals surface area contributed by atoms with Crippen molar-refractivity contribution in [3.63, 3.8) is 0 Å². The molecule has 4 nitrogen and oxygen atoms in total. The van der Waals surface area contributed by atoms with Crippen molar-refractivity contribution in [1.29, 1.82) is 0 Å². The molecule has 2 heterocycles. The van der Waals surface area contributed by atoms with Crippen LogP contribution in [0.1, 0.15) is 48.5 Å². The molecule has 0 radical (unpaired) electrons. The van der Waals surface area contributed by atoms with Gasteiger partial charge in [0.1, 0.15) is 10.8 Å². The minimum Gasteiger partial charge on any atom is -0.480 e. The predicted octanol–water partition coefficient (Wildman–Crippen LogP) is 3.90. The molecule has 24 heavy (non-hydrogen) atoms. The van der Waals surface area contributed by atoms with Crippen molar-refractivity contribution in [2.45, 2.75) is 58.6 Å². The van der Waals surface area contributed by atoms with E-state index < -0.39 is 11.6 Å². The topological polar surface area (TPSA) is 51.2 Å². The first-order chi connectivity index (χ1) is 11.4. The Morgan fingerprint density at radius 1 is 1.46 bits per heavy atom. The first kappa shape index (κ1) is 17.0. The highest BCUT2D eigenvalue weighted by molar-refractivity contribution is 7.09. The molecular formula is C19H24N2O2S. The quantitative estimate of drug-likeness (QED) is 0.915. The van der Waals surface area contributed by atoms with Crippen molar-refractivity contribution < 1.29 is 9.53 Å². The van der Waals surface area contributed by atoms with Crippen molar-refractivity contribution in [3.05, 3.63) is 45.4 Å². The number of thiazole rings is 1. The fraction of sp³-hybridized carbons (Fsp3) is 0.474. The predicted molar refractivity (Wildman–Crippen MR) is 96.6 cm³/mol. The number of nitrogens with one attached hydrogen (secondary N) is 1. The van der Waals surface area contributed by atoms with Gasteiger partial charge in [-0.25, -0.2) is 4.98 Å². The van der Waals surface area contributed by atoms with Crippen LogP contribution in [0.15, 0.2) is 23.6 Å². The molecule has 0 bridgehead atoms. The number of carbonyl (C=O) groups is 1. The summed E-state index contributed by atoms with van der Waals surface area (Å²) in [5, 5.41) is 6.13. The lowest BCUT2D eigenvalue weighted by molar-refractivity contribution is -0.130. The van der Waals surface area contributed by atoms with Gasteiger partial charge in [-0.3, -0.25) is 4.79 Å². The largest absolute Gasteiger partial charge is 0.480 e. The van der Waals surface area contributed by atoms with Gasteiger partial charge in [0.15, 0.2) is 6.10 Å². The van der Waals surface area contributed by atoms with Crippen molar-refractivity contribution >= 4 is 17.2 Å². The second kappa shape index (κ2) is 6.55. The van der Waals surface area contributed by atoms with E-state index in [1.165, 1.54) is 11.1 Å². The molecule has 0 spiro atoms. The highest BCUT2D eigenvalue weighted by atomic mass is 32.1. The van der Waals surface area contributed by atoms with Crippen LogP contribution in [-0.2, 0) is 16.8 Å². The lowest BCUT2D eigenvalue weighted by atomic mass is 9.97. The molecule has 1 amide bonds. The molecule has 0 aliphatic carbocycles. The van der Waals surface area contributed by atoms with Crippen LogP contribution in [0, 0.1) is 13.8 Å². The van der Waals surface area contributed by atoms with E-state index in [0.29, 0.717) is 6.42 Å². The van der Waals surface area contributed by atoms with Crippen LogP contribution >= 0.6 is 11.3 Å². The first-order valence-corrected chi connectivity index (χ1v) is 9.30. The molecule has 2 aromatic rings. The Morgan fingerprint density at radius 2 is 2.25 bits per heavy atom. The molecule has 0 saturated heterocycles. The van der Waals surface area contributed by atoms with Gasteiger partial charge >= 0.3 is 0 Å². The summed E-state index contributed by atoms with van der Waals surface area (Å²) < 4.78 is 5.95. The molecule has 1 aromatic heterocycles. The standard InChI is InChI=1S/C19H24N2O2S/c1-5-19(4,18-20-13(3)11-24-18)21-17(22)16-9-7-14-10-12(2)6-8-15(14)23-16/h6,8,10-11,16H,5,7,9H2,1-4H3,(H,21,22). The fourth-order valence-corrected chi connectivity index (χ4v) is 3.94. The number of hydrogen-bond donors (Lipinski definition) is 1. The number of hydrogen-bond acceptors (Lipinski definition) is 4. The number of rotatable bonds is 4. The van der Waals surface area contributed by atoms with Gasteiger partial charge in [-0.15, -0.1) is 11.3 Å². The monoisotopic (exact) mass is 344 g/mol. The number of ether oxygens (including phenoxy) is 1. The number of nitrogens with zero attached hydrogens (tertiary/aromatic N) is 1. The van der Waals surface area contributed by atoms with E-state index in [2.05, 4.69) is 30.2 Å². The van der Waals surface area contributed by atoms with E-state index in [0.717, 1.165) is 29.3 Å². The SMILES string of the molecule is CCC(C)(NC(=O)C1CCc2cc(C)ccc2O1)c1nc(C)cs1. The van der Waals surface area contributed by atoms with Crippen molar-refractivity contribution in [2.24, 2.45) is 0 Å². The molecular weight excluding hydrogens is 320 g/mol. The van der Waals surface area contributed by atoms with E-state index in [4.69, 9.17) is 4.74 Å². The van der Waals surface area contributed by atoms with Crippen LogP contribution in [0.5, 0.6) is 5.75 Å². The average molecular weight is 344 g/mol. The molecule has 0 fully saturated rings. The van der Waals surface area contributed by atoms with Gasteiger partial charge in [0.05, 0.1) is 5.54 Å². The van der Waals surface area contributed by atoms with Crippen LogP contribution < -0.4 is 10.1 Å². The van der Waals surface area contributed by atoms with Crippen LogP contribution in [0.2, 0.25) is 0 Å². The third kappa shape index (κ3) is 3.31. The number of amides is 1. The van der Waals surface area contributed by atoms with Gasteiger partial charge in [0.2, 0.25) is 0 Å². The Kier molecular flexibility index (Phi) is 4.63. The van der Waals surface area contributed by atoms with Crippen LogP contribution in [0.25, 0.3) is 0 Å². The van der Waals surface area contributed by atoms with Gasteiger partial charge < -0.3 is 10.1 Å². The normalized spacial score (nSPS) is 19.1. The lowest BCUT2D eigenvalue weighted by Gasteiger charge is -2.32. The molecule has 2 atom stereocenters. The zero-order valence-corrected chi connectivity index (χ0v) is 15.5. The van der Waals surface area contributed by atoms with Gasteiger partial charge in [-0.1, -0.05) is 24.6 Å². The maximum Gasteiger partial charge on any atom is 0.261 e. The van der Waals surface area contributed by atoms with Crippen LogP contribution in [-0.4, -0.2) is 17.0 Å². The summed E-state index contributed by atoms with van der Waals surface area (Å²) in [6.45, 7) is 8.14. The van der Waals surface area contributed by atoms with E-state index in [1.807, 2.05) is 31.4 Å². The molecule has 5 heteroatoms. The third-order valence-electron chi connectivity index (χ3n) is 4.65. The number of carbonyl (C=O) groups excluding carboxylic acids is 1. The Bertz CT molecular complexity index is 756. The molecule has 1 aliphatic rings. The summed E-state index contributed by atoms with van der Waals surface area (Å²) in [5.41, 5.74) is 2.94. The molecule has 1 N–H and O–H groups in total. The fourth-order valence-electron chi connectivity index (χ4n) is 2.95. The number of aromatic nitrogens is 1. The number of benzene rings is 1. The molecule has 128 valence electrons. The molecule has 3 rings (SSSR count). The highest BCUT2D eigenvalue weighted by Crippen LogP contribution is 2.31. The van der Waals surface area contributed by atoms with Crippen molar-refractivity contribution in [1.82, 2.24) is 10.3 Å². The second-order valence-corrected chi connectivity index (χ2v) is 7.58. The van der Waals surface area contributed by atoms with Crippen molar-refractivity contribution in [2.75, 3.05) is 0 Å². The average Bonchev–Trinajstić information content (AvgIpc) is 3.01. The maximum absolute atomic E-state index is 12.8. The third-order valence-corrected chi connectivity index (χ3v) is 5.87. The smallest absolute Gasteiger partial charge is 0.261 e. The maximum atomic E-state index is 12.8. The van der Waals surface area contributed by atoms with Gasteiger partial charge in [0, 0.05) is 11.1 Å². The summed E-state index contributed by atoms with van der Waals surface area (Å²) in [6.07, 6.45) is 1.92. The molecule has 2 unspecified atom stereocenters. The zero-order chi connectivity index (χ0) is 17.3. The lowest BCUT2D eigenvalue weighted by Crippen LogP contribution is -2.49. The van der Waals surface area contributed by atoms with Crippen LogP contribution in [0.4, 0.5) is 0 Å². The molecule has 1 aliphatic heterocycles. The van der Waals surface area contributed by atoms with Crippen LogP contribution in [0.3, 0.4) is 0 Å². The summed E-state index contributed by atoms with van der Waals surface area (Å²) in [5.74, 6) is 0.772. The van der Waals surface area contributed by atoms with Crippen molar-refractivity contribution in [3.8, 4) is 5.75 Å². The Morgan fingerprint density at radius 3 is 2.92 bits per heavy atom. The zero-order valence-electron chi connectivity index (χ0n) is 14.7. The van der Waals surface area contributed by atoms with Gasteiger partial charge in [-0.2, -0.15) is 0 Å². The van der Waals surface area contributed by atoms with Gasteiger partial charge in [-0.05, 0) is 51.7 Å². The minimum atomic E-state index is -0.451. The summed E-state index contributed by atoms with van der Waals surface area (Å²) in [6, 6.07) is 6.12. The number of aryl methyl sites for hydroxylation is 3. The Labute approximate surface area is 147 Å². The number of fused-ring (bicyclic) bond motifs is 1. The molecule has 1 aromatic carbocycles. The van der Waals surface area contributed by atoms with E-state index in [-0.39, 0.29) is 5.91 Å². The summed E-state index contributed by atoms with van der Waals surface area (Å²) in [4.78, 5) is 17.3. The van der Waals surface area contributed by atoms with E-state index >= 15 is 0 Å². The molecule has 0 saturated carbocycles. The van der Waals surface area contributed by atoms with E-state index in [1.54, 1.807) is 11.3 Å². The first-order valence-electron chi connectivity index (χ1n) is 8.42.